The smallest absolute Gasteiger partial charge is 0.255 e. The van der Waals surface area contributed by atoms with Crippen LogP contribution in [-0.4, -0.2) is 23.9 Å². The van der Waals surface area contributed by atoms with Gasteiger partial charge >= 0.3 is 0 Å². The molecule has 0 atom stereocenters. The average Bonchev–Trinajstić information content (AvgIpc) is 2.55. The zero-order chi connectivity index (χ0) is 16.8. The van der Waals surface area contributed by atoms with Crippen LogP contribution in [0.1, 0.15) is 29.8 Å². The molecule has 0 aliphatic heterocycles. The fourth-order valence-electron chi connectivity index (χ4n) is 2.25. The third-order valence-electron chi connectivity index (χ3n) is 3.70. The Labute approximate surface area is 134 Å². The van der Waals surface area contributed by atoms with Gasteiger partial charge < -0.3 is 5.32 Å². The van der Waals surface area contributed by atoms with E-state index in [1.807, 2.05) is 12.1 Å². The zero-order valence-corrected chi connectivity index (χ0v) is 13.3. The first-order chi connectivity index (χ1) is 11.0. The molecule has 0 unspecified atom stereocenters. The SMILES string of the molecule is CCN(CC)Cc1ccc(C(=O)Nc2ccc(F)cc2F)cc1. The number of nitrogens with one attached hydrogen (secondary N) is 1. The number of rotatable bonds is 6. The minimum atomic E-state index is -0.795. The summed E-state index contributed by atoms with van der Waals surface area (Å²) >= 11 is 0. The molecule has 3 nitrogen and oxygen atoms in total. The Morgan fingerprint density at radius 2 is 1.70 bits per heavy atom. The van der Waals surface area contributed by atoms with Crippen molar-refractivity contribution < 1.29 is 13.6 Å². The Kier molecular flexibility index (Phi) is 5.82. The number of halogens is 2. The van der Waals surface area contributed by atoms with Gasteiger partial charge in [-0.05, 0) is 42.9 Å². The number of hydrogen-bond donors (Lipinski definition) is 1. The predicted molar refractivity (Wildman–Crippen MR) is 87.4 cm³/mol. The third-order valence-corrected chi connectivity index (χ3v) is 3.70. The van der Waals surface area contributed by atoms with Crippen LogP contribution in [0, 0.1) is 11.6 Å². The number of anilines is 1. The molecular formula is C18H20F2N2O. The number of amides is 1. The van der Waals surface area contributed by atoms with E-state index in [-0.39, 0.29) is 5.69 Å². The van der Waals surface area contributed by atoms with Crippen LogP contribution in [0.2, 0.25) is 0 Å². The van der Waals surface area contributed by atoms with Gasteiger partial charge in [0.05, 0.1) is 5.69 Å². The number of carbonyl (C=O) groups excluding carboxylic acids is 1. The van der Waals surface area contributed by atoms with E-state index in [4.69, 9.17) is 0 Å². The van der Waals surface area contributed by atoms with Crippen molar-refractivity contribution in [2.75, 3.05) is 18.4 Å². The quantitative estimate of drug-likeness (QED) is 0.871. The minimum absolute atomic E-state index is 0.0383. The molecule has 5 heteroatoms. The van der Waals surface area contributed by atoms with Gasteiger partial charge in [-0.1, -0.05) is 26.0 Å². The van der Waals surface area contributed by atoms with Gasteiger partial charge in [-0.3, -0.25) is 9.69 Å². The van der Waals surface area contributed by atoms with Crippen LogP contribution in [0.15, 0.2) is 42.5 Å². The van der Waals surface area contributed by atoms with Crippen molar-refractivity contribution in [3.63, 3.8) is 0 Å². The Morgan fingerprint density at radius 1 is 1.04 bits per heavy atom. The van der Waals surface area contributed by atoms with Crippen LogP contribution >= 0.6 is 0 Å². The highest BCUT2D eigenvalue weighted by Crippen LogP contribution is 2.16. The van der Waals surface area contributed by atoms with Crippen LogP contribution in [0.25, 0.3) is 0 Å². The van der Waals surface area contributed by atoms with E-state index in [0.717, 1.165) is 37.3 Å². The lowest BCUT2D eigenvalue weighted by Crippen LogP contribution is -2.22. The van der Waals surface area contributed by atoms with Crippen molar-refractivity contribution >= 4 is 11.6 Å². The second-order valence-corrected chi connectivity index (χ2v) is 5.24. The Morgan fingerprint density at radius 3 is 2.26 bits per heavy atom. The highest BCUT2D eigenvalue weighted by atomic mass is 19.1. The Bertz CT molecular complexity index is 667. The first-order valence-electron chi connectivity index (χ1n) is 7.61. The molecule has 0 bridgehead atoms. The van der Waals surface area contributed by atoms with Gasteiger partial charge in [0, 0.05) is 18.2 Å². The summed E-state index contributed by atoms with van der Waals surface area (Å²) in [6, 6.07) is 10.2. The highest BCUT2D eigenvalue weighted by molar-refractivity contribution is 6.04. The first-order valence-corrected chi connectivity index (χ1v) is 7.61. The van der Waals surface area contributed by atoms with Crippen molar-refractivity contribution in [1.82, 2.24) is 4.90 Å². The fourth-order valence-corrected chi connectivity index (χ4v) is 2.25. The lowest BCUT2D eigenvalue weighted by atomic mass is 10.1. The molecule has 0 aromatic heterocycles. The predicted octanol–water partition coefficient (Wildman–Crippen LogP) is 4.06. The van der Waals surface area contributed by atoms with Crippen molar-refractivity contribution in [3.05, 3.63) is 65.2 Å². The van der Waals surface area contributed by atoms with Crippen LogP contribution in [-0.2, 0) is 6.54 Å². The summed E-state index contributed by atoms with van der Waals surface area (Å²) in [6.07, 6.45) is 0. The molecule has 1 amide bonds. The largest absolute Gasteiger partial charge is 0.319 e. The maximum absolute atomic E-state index is 13.6. The second kappa shape index (κ2) is 7.83. The standard InChI is InChI=1S/C18H20F2N2O/c1-3-22(4-2)12-13-5-7-14(8-6-13)18(23)21-17-10-9-15(19)11-16(17)20/h5-11H,3-4,12H2,1-2H3,(H,21,23). The van der Waals surface area contributed by atoms with Crippen molar-refractivity contribution in [3.8, 4) is 0 Å². The van der Waals surface area contributed by atoms with E-state index in [1.54, 1.807) is 12.1 Å². The number of nitrogens with zero attached hydrogens (tertiary/aromatic N) is 1. The summed E-state index contributed by atoms with van der Waals surface area (Å²) < 4.78 is 26.4. The molecular weight excluding hydrogens is 298 g/mol. The van der Waals surface area contributed by atoms with Crippen molar-refractivity contribution in [2.24, 2.45) is 0 Å². The van der Waals surface area contributed by atoms with Gasteiger partial charge in [0.1, 0.15) is 11.6 Å². The molecule has 122 valence electrons. The molecule has 2 aromatic rings. The third kappa shape index (κ3) is 4.60. The van der Waals surface area contributed by atoms with Gasteiger partial charge in [-0.15, -0.1) is 0 Å². The lowest BCUT2D eigenvalue weighted by Gasteiger charge is -2.18. The molecule has 0 fully saturated rings. The van der Waals surface area contributed by atoms with E-state index in [9.17, 15) is 13.6 Å². The normalized spacial score (nSPS) is 10.8. The van der Waals surface area contributed by atoms with Crippen LogP contribution < -0.4 is 5.32 Å². The fraction of sp³-hybridized carbons (Fsp3) is 0.278. The molecule has 2 aromatic carbocycles. The number of benzene rings is 2. The van der Waals surface area contributed by atoms with E-state index in [2.05, 4.69) is 24.1 Å². The van der Waals surface area contributed by atoms with E-state index < -0.39 is 17.5 Å². The van der Waals surface area contributed by atoms with Gasteiger partial charge in [0.2, 0.25) is 0 Å². The van der Waals surface area contributed by atoms with Crippen LogP contribution in [0.5, 0.6) is 0 Å². The Hall–Kier alpha value is -2.27. The molecule has 0 aliphatic carbocycles. The minimum Gasteiger partial charge on any atom is -0.319 e. The molecule has 23 heavy (non-hydrogen) atoms. The molecule has 0 heterocycles. The number of hydrogen-bond acceptors (Lipinski definition) is 2. The van der Waals surface area contributed by atoms with Gasteiger partial charge in [0.25, 0.3) is 5.91 Å². The first kappa shape index (κ1) is 17.1. The van der Waals surface area contributed by atoms with Crippen molar-refractivity contribution in [1.29, 1.82) is 0 Å². The highest BCUT2D eigenvalue weighted by Gasteiger charge is 2.10. The maximum atomic E-state index is 13.6. The second-order valence-electron chi connectivity index (χ2n) is 5.24. The summed E-state index contributed by atoms with van der Waals surface area (Å²) in [4.78, 5) is 14.4. The molecule has 0 radical (unpaired) electrons. The summed E-state index contributed by atoms with van der Waals surface area (Å²) in [5.41, 5.74) is 1.50. The summed E-state index contributed by atoms with van der Waals surface area (Å²) in [7, 11) is 0. The molecule has 0 spiro atoms. The van der Waals surface area contributed by atoms with Gasteiger partial charge in [-0.25, -0.2) is 8.78 Å². The molecule has 2 rings (SSSR count). The zero-order valence-electron chi connectivity index (χ0n) is 13.3. The average molecular weight is 318 g/mol. The van der Waals surface area contributed by atoms with E-state index >= 15 is 0 Å². The maximum Gasteiger partial charge on any atom is 0.255 e. The van der Waals surface area contributed by atoms with Gasteiger partial charge in [0.15, 0.2) is 0 Å². The van der Waals surface area contributed by atoms with E-state index in [1.165, 1.54) is 6.07 Å². The monoisotopic (exact) mass is 318 g/mol. The molecule has 0 aliphatic rings. The summed E-state index contributed by atoms with van der Waals surface area (Å²) in [6.45, 7) is 6.94. The summed E-state index contributed by atoms with van der Waals surface area (Å²) in [5, 5.41) is 2.45. The van der Waals surface area contributed by atoms with Crippen molar-refractivity contribution in [2.45, 2.75) is 20.4 Å². The van der Waals surface area contributed by atoms with Crippen LogP contribution in [0.4, 0.5) is 14.5 Å². The number of carbonyl (C=O) groups is 1. The van der Waals surface area contributed by atoms with Crippen LogP contribution in [0.3, 0.4) is 0 Å². The topological polar surface area (TPSA) is 32.3 Å². The molecule has 1 N–H and O–H groups in total. The molecule has 0 saturated heterocycles. The van der Waals surface area contributed by atoms with E-state index in [0.29, 0.717) is 5.56 Å². The summed E-state index contributed by atoms with van der Waals surface area (Å²) in [5.74, 6) is -1.90. The molecule has 0 saturated carbocycles. The lowest BCUT2D eigenvalue weighted by molar-refractivity contribution is 0.102. The van der Waals surface area contributed by atoms with Gasteiger partial charge in [-0.2, -0.15) is 0 Å². The Balaban J connectivity index is 2.05.